The Bertz CT molecular complexity index is 3820. The molecule has 4 aliphatic rings. The molecule has 0 fully saturated rings. The molecule has 0 aliphatic heterocycles. The zero-order chi connectivity index (χ0) is 49.4. The second-order valence-corrected chi connectivity index (χ2v) is 23.1. The molecule has 14 rings (SSSR count). The summed E-state index contributed by atoms with van der Waals surface area (Å²) < 4.78 is 0. The second-order valence-electron chi connectivity index (χ2n) is 23.1. The van der Waals surface area contributed by atoms with Crippen molar-refractivity contribution in [1.29, 1.82) is 0 Å². The molecule has 0 aromatic heterocycles. The molecule has 0 saturated carbocycles. The lowest BCUT2D eigenvalue weighted by Gasteiger charge is -2.42. The summed E-state index contributed by atoms with van der Waals surface area (Å²) in [4.78, 5) is 2.44. The zero-order valence-electron chi connectivity index (χ0n) is 42.7. The van der Waals surface area contributed by atoms with Gasteiger partial charge in [0, 0.05) is 22.5 Å². The summed E-state index contributed by atoms with van der Waals surface area (Å²) in [6, 6.07) is 85.4. The van der Waals surface area contributed by atoms with Crippen molar-refractivity contribution in [3.63, 3.8) is 0 Å². The quantitative estimate of drug-likeness (QED) is 0.161. The smallest absolute Gasteiger partial charge is 0.0725 e. The van der Waals surface area contributed by atoms with Crippen LogP contribution in [0.3, 0.4) is 0 Å². The van der Waals surface area contributed by atoms with E-state index < -0.39 is 5.41 Å². The van der Waals surface area contributed by atoms with Crippen LogP contribution in [0.5, 0.6) is 0 Å². The molecule has 1 spiro atoms. The summed E-state index contributed by atoms with van der Waals surface area (Å²) >= 11 is 0. The second kappa shape index (κ2) is 15.7. The Morgan fingerprint density at radius 2 is 0.712 bits per heavy atom. The van der Waals surface area contributed by atoms with Crippen LogP contribution in [-0.2, 0) is 21.7 Å². The molecule has 352 valence electrons. The first-order valence-electron chi connectivity index (χ1n) is 26.4. The summed E-state index contributed by atoms with van der Waals surface area (Å²) in [5.41, 5.74) is 29.6. The average molecular weight is 938 g/mol. The monoisotopic (exact) mass is 937 g/mol. The van der Waals surface area contributed by atoms with Crippen molar-refractivity contribution < 1.29 is 0 Å². The molecular formula is C72H59N. The first-order chi connectivity index (χ1) is 35.4. The van der Waals surface area contributed by atoms with Gasteiger partial charge in [0.2, 0.25) is 0 Å². The third kappa shape index (κ3) is 6.34. The van der Waals surface area contributed by atoms with Crippen LogP contribution in [0.1, 0.15) is 98.9 Å². The fourth-order valence-corrected chi connectivity index (χ4v) is 13.9. The average Bonchev–Trinajstić information content (AvgIpc) is 4.00. The Balaban J connectivity index is 0.969. The Hall–Kier alpha value is -8.00. The van der Waals surface area contributed by atoms with Crippen molar-refractivity contribution >= 4 is 17.1 Å². The maximum Gasteiger partial charge on any atom is 0.0725 e. The molecule has 1 heteroatoms. The largest absolute Gasteiger partial charge is 0.310 e. The predicted molar refractivity (Wildman–Crippen MR) is 307 cm³/mol. The van der Waals surface area contributed by atoms with E-state index in [0.29, 0.717) is 0 Å². The highest BCUT2D eigenvalue weighted by Crippen LogP contribution is 2.65. The van der Waals surface area contributed by atoms with E-state index in [0.717, 1.165) is 17.1 Å². The highest BCUT2D eigenvalue weighted by molar-refractivity contribution is 6.02. The zero-order valence-corrected chi connectivity index (χ0v) is 42.7. The van der Waals surface area contributed by atoms with Crippen LogP contribution in [0.15, 0.2) is 224 Å². The summed E-state index contributed by atoms with van der Waals surface area (Å²) in [6.45, 7) is 14.5. The molecule has 0 saturated heterocycles. The third-order valence-corrected chi connectivity index (χ3v) is 17.8. The van der Waals surface area contributed by atoms with Gasteiger partial charge in [0.05, 0.1) is 5.41 Å². The molecular weight excluding hydrogens is 879 g/mol. The Kier molecular flexibility index (Phi) is 9.44. The van der Waals surface area contributed by atoms with E-state index in [1.807, 2.05) is 0 Å². The standard InChI is InChI=1S/C72H59N/c1-69(2)40-41-70(3,4)66-43-49(32-39-64(66)69)59-42-50(44-67-68(59)58-23-13-17-27-63(58)72(67)61-25-15-11-21-55(61)56-22-12-16-26-62(56)72)48-30-35-52(36-31-48)73(51-33-28-47(29-34-51)46-18-8-7-9-19-46)53-37-38-57-54-20-10-14-24-60(54)71(5,6)65(57)45-53/h7-39,42-45H,40-41H2,1-6H3. The summed E-state index contributed by atoms with van der Waals surface area (Å²) in [5, 5.41) is 0. The van der Waals surface area contributed by atoms with Gasteiger partial charge in [-0.1, -0.05) is 217 Å². The number of hydrogen-bond acceptors (Lipinski definition) is 1. The van der Waals surface area contributed by atoms with Gasteiger partial charge in [0.25, 0.3) is 0 Å². The van der Waals surface area contributed by atoms with Crippen molar-refractivity contribution in [3.05, 3.63) is 269 Å². The van der Waals surface area contributed by atoms with Gasteiger partial charge in [0.15, 0.2) is 0 Å². The molecule has 0 amide bonds. The van der Waals surface area contributed by atoms with E-state index in [1.54, 1.807) is 0 Å². The Morgan fingerprint density at radius 1 is 0.274 bits per heavy atom. The van der Waals surface area contributed by atoms with E-state index in [2.05, 4.69) is 271 Å². The normalized spacial score (nSPS) is 16.1. The molecule has 0 atom stereocenters. The number of anilines is 3. The summed E-state index contributed by atoms with van der Waals surface area (Å²) in [5.74, 6) is 0. The highest BCUT2D eigenvalue weighted by atomic mass is 15.1. The molecule has 0 unspecified atom stereocenters. The molecule has 0 bridgehead atoms. The highest BCUT2D eigenvalue weighted by Gasteiger charge is 2.52. The van der Waals surface area contributed by atoms with Crippen LogP contribution in [0.25, 0.3) is 66.8 Å². The lowest BCUT2D eigenvalue weighted by atomic mass is 9.63. The molecule has 0 radical (unpaired) electrons. The van der Waals surface area contributed by atoms with E-state index in [4.69, 9.17) is 0 Å². The van der Waals surface area contributed by atoms with Crippen LogP contribution in [0.4, 0.5) is 17.1 Å². The van der Waals surface area contributed by atoms with Gasteiger partial charge in [-0.25, -0.2) is 0 Å². The minimum atomic E-state index is -0.469. The minimum absolute atomic E-state index is 0.0756. The van der Waals surface area contributed by atoms with Gasteiger partial charge >= 0.3 is 0 Å². The first kappa shape index (κ1) is 43.8. The summed E-state index contributed by atoms with van der Waals surface area (Å²) in [6.07, 6.45) is 2.36. The third-order valence-electron chi connectivity index (χ3n) is 17.8. The van der Waals surface area contributed by atoms with Gasteiger partial charge in [-0.3, -0.25) is 0 Å². The first-order valence-corrected chi connectivity index (χ1v) is 26.4. The molecule has 4 aliphatic carbocycles. The Labute approximate surface area is 431 Å². The number of fused-ring (bicyclic) bond motifs is 14. The van der Waals surface area contributed by atoms with Crippen LogP contribution < -0.4 is 4.90 Å². The Morgan fingerprint density at radius 3 is 1.33 bits per heavy atom. The predicted octanol–water partition coefficient (Wildman–Crippen LogP) is 19.2. The van der Waals surface area contributed by atoms with Crippen molar-refractivity contribution in [3.8, 4) is 66.8 Å². The van der Waals surface area contributed by atoms with Gasteiger partial charge in [-0.05, 0) is 183 Å². The van der Waals surface area contributed by atoms with Gasteiger partial charge in [-0.2, -0.15) is 0 Å². The molecule has 10 aromatic carbocycles. The van der Waals surface area contributed by atoms with E-state index >= 15 is 0 Å². The molecule has 73 heavy (non-hydrogen) atoms. The van der Waals surface area contributed by atoms with Gasteiger partial charge < -0.3 is 4.90 Å². The topological polar surface area (TPSA) is 3.24 Å². The minimum Gasteiger partial charge on any atom is -0.310 e. The van der Waals surface area contributed by atoms with E-state index in [-0.39, 0.29) is 16.2 Å². The maximum atomic E-state index is 2.57. The lowest BCUT2D eigenvalue weighted by molar-refractivity contribution is 0.332. The fraction of sp³-hybridized carbons (Fsp3) is 0.167. The fourth-order valence-electron chi connectivity index (χ4n) is 13.9. The van der Waals surface area contributed by atoms with Crippen molar-refractivity contribution in [1.82, 2.24) is 0 Å². The SMILES string of the molecule is CC1(C)CCC(C)(C)c2cc(-c3cc(-c4ccc(N(c5ccc(-c6ccccc6)cc5)c5ccc6c(c5)C(C)(C)c5ccccc5-6)cc4)cc4c3-c3ccccc3C43c4ccccc4-c4ccccc43)ccc21. The van der Waals surface area contributed by atoms with Gasteiger partial charge in [-0.15, -0.1) is 0 Å². The van der Waals surface area contributed by atoms with Crippen molar-refractivity contribution in [2.45, 2.75) is 76.0 Å². The molecule has 0 heterocycles. The maximum absolute atomic E-state index is 2.57. The van der Waals surface area contributed by atoms with Crippen LogP contribution in [-0.4, -0.2) is 0 Å². The number of hydrogen-bond donors (Lipinski definition) is 0. The van der Waals surface area contributed by atoms with Crippen LogP contribution >= 0.6 is 0 Å². The number of nitrogens with zero attached hydrogens (tertiary/aromatic N) is 1. The van der Waals surface area contributed by atoms with E-state index in [1.165, 1.54) is 124 Å². The van der Waals surface area contributed by atoms with Crippen LogP contribution in [0, 0.1) is 0 Å². The number of rotatable bonds is 6. The van der Waals surface area contributed by atoms with Gasteiger partial charge in [0.1, 0.15) is 0 Å². The lowest BCUT2D eigenvalue weighted by Crippen LogP contribution is -2.33. The summed E-state index contributed by atoms with van der Waals surface area (Å²) in [7, 11) is 0. The van der Waals surface area contributed by atoms with E-state index in [9.17, 15) is 0 Å². The number of benzene rings is 10. The van der Waals surface area contributed by atoms with Crippen molar-refractivity contribution in [2.24, 2.45) is 0 Å². The van der Waals surface area contributed by atoms with Crippen molar-refractivity contribution in [2.75, 3.05) is 4.90 Å². The molecule has 1 nitrogen and oxygen atoms in total. The molecule has 0 N–H and O–H groups in total. The van der Waals surface area contributed by atoms with Crippen LogP contribution in [0.2, 0.25) is 0 Å². The molecule has 10 aromatic rings.